The van der Waals surface area contributed by atoms with E-state index in [9.17, 15) is 19.3 Å². The number of ether oxygens (including phenoxy) is 4. The highest BCUT2D eigenvalue weighted by Crippen LogP contribution is 2.49. The summed E-state index contributed by atoms with van der Waals surface area (Å²) in [5, 5.41) is 10.4. The quantitative estimate of drug-likeness (QED) is 0.0971. The maximum atomic E-state index is 13.4. The van der Waals surface area contributed by atoms with Gasteiger partial charge in [0.15, 0.2) is 23.6 Å². The number of phenols is 1. The minimum Gasteiger partial charge on any atom is -0.504 e. The summed E-state index contributed by atoms with van der Waals surface area (Å²) in [6.45, 7) is 12.8. The van der Waals surface area contributed by atoms with Crippen LogP contribution in [0.1, 0.15) is 66.9 Å². The number of hydrogen-bond donors (Lipinski definition) is 1. The minimum atomic E-state index is -4.06. The van der Waals surface area contributed by atoms with Crippen molar-refractivity contribution in [3.05, 3.63) is 43.0 Å². The number of hydrogen-bond acceptors (Lipinski definition) is 10. The summed E-state index contributed by atoms with van der Waals surface area (Å²) in [4.78, 5) is 24.2. The molecule has 0 atom stereocenters. The average molecular weight is 818 g/mol. The maximum Gasteiger partial charge on any atom is 0.373 e. The van der Waals surface area contributed by atoms with Crippen LogP contribution >= 0.6 is 52.8 Å². The molecular weight excluding hydrogens is 781 g/mol. The molecule has 2 aromatic rings. The third-order valence-electron chi connectivity index (χ3n) is 5.33. The number of carbonyl (C=O) groups excluding carboxylic acids is 2. The topological polar surface area (TPSA) is 127 Å². The molecule has 0 radical (unpaired) electrons. The highest BCUT2D eigenvalue weighted by Gasteiger charge is 2.31. The fraction of sp³-hybridized carbons (Fsp3) is 0.500. The zero-order valence-electron chi connectivity index (χ0n) is 24.4. The molecule has 0 saturated heterocycles. The molecule has 41 heavy (non-hydrogen) atoms. The summed E-state index contributed by atoms with van der Waals surface area (Å²) in [5.41, 5.74) is -0.604. The van der Waals surface area contributed by atoms with Gasteiger partial charge in [-0.15, -0.1) is 0 Å². The first-order valence-corrected chi connectivity index (χ1v) is 16.6. The Bertz CT molecular complexity index is 1220. The monoisotopic (exact) mass is 818 g/mol. The third-order valence-corrected chi connectivity index (χ3v) is 8.37. The Kier molecular flexibility index (Phi) is 12.8. The van der Waals surface area contributed by atoms with Crippen molar-refractivity contribution in [2.24, 2.45) is 10.8 Å². The number of benzene rings is 2. The van der Waals surface area contributed by atoms with E-state index in [1.165, 1.54) is 0 Å². The molecule has 0 heterocycles. The molecule has 10 nitrogen and oxygen atoms in total. The normalized spacial score (nSPS) is 12.3. The summed E-state index contributed by atoms with van der Waals surface area (Å²) in [5.74, 6) is 0.299. The summed E-state index contributed by atoms with van der Waals surface area (Å²) >= 11 is 4.13. The van der Waals surface area contributed by atoms with Crippen molar-refractivity contribution in [2.75, 3.05) is 19.9 Å². The van der Waals surface area contributed by atoms with Crippen LogP contribution in [0.2, 0.25) is 0 Å². The van der Waals surface area contributed by atoms with Crippen molar-refractivity contribution in [1.82, 2.24) is 0 Å². The number of halogens is 2. The van der Waals surface area contributed by atoms with Crippen molar-refractivity contribution < 1.29 is 47.3 Å². The number of phenolic OH excluding ortho intramolecular Hbond substituents is 1. The van der Waals surface area contributed by atoms with E-state index in [4.69, 9.17) is 28.0 Å². The summed E-state index contributed by atoms with van der Waals surface area (Å²) in [7, 11) is -4.06. The van der Waals surface area contributed by atoms with Gasteiger partial charge in [0.05, 0.1) is 18.0 Å². The van der Waals surface area contributed by atoms with Crippen LogP contribution in [0.15, 0.2) is 30.3 Å². The molecule has 0 amide bonds. The van der Waals surface area contributed by atoms with Gasteiger partial charge in [-0.2, -0.15) is 0 Å². The first kappa shape index (κ1) is 35.6. The van der Waals surface area contributed by atoms with Crippen molar-refractivity contribution in [2.45, 2.75) is 61.3 Å². The van der Waals surface area contributed by atoms with E-state index in [0.717, 1.165) is 5.56 Å². The molecule has 0 unspecified atom stereocenters. The second-order valence-electron chi connectivity index (χ2n) is 11.4. The first-order chi connectivity index (χ1) is 18.8. The number of carbonyl (C=O) groups is 2. The SMILES string of the molecule is CC(C)c1ccc(Oc2c(I)cc(OCP(=O)(OCOC(=O)C(C)(C)C)OCOC(=O)C(C)(C)C)cc2I)c(O)c1. The molecule has 0 aliphatic carbocycles. The van der Waals surface area contributed by atoms with Crippen LogP contribution in [-0.2, 0) is 32.7 Å². The van der Waals surface area contributed by atoms with Gasteiger partial charge in [0.25, 0.3) is 0 Å². The Hall–Kier alpha value is -1.61. The second-order valence-corrected chi connectivity index (χ2v) is 15.8. The van der Waals surface area contributed by atoms with E-state index in [1.54, 1.807) is 65.8 Å². The predicted molar refractivity (Wildman–Crippen MR) is 170 cm³/mol. The lowest BCUT2D eigenvalue weighted by atomic mass is 9.98. The van der Waals surface area contributed by atoms with E-state index in [-0.39, 0.29) is 11.7 Å². The van der Waals surface area contributed by atoms with Crippen LogP contribution in [0.3, 0.4) is 0 Å². The van der Waals surface area contributed by atoms with Crippen molar-refractivity contribution in [1.29, 1.82) is 0 Å². The Morgan fingerprint density at radius 1 is 0.878 bits per heavy atom. The molecule has 0 bridgehead atoms. The van der Waals surface area contributed by atoms with Gasteiger partial charge in [-0.3, -0.25) is 23.2 Å². The van der Waals surface area contributed by atoms with Gasteiger partial charge in [-0.05, 0) is 122 Å². The molecule has 228 valence electrons. The van der Waals surface area contributed by atoms with Crippen molar-refractivity contribution in [3.63, 3.8) is 0 Å². The van der Waals surface area contributed by atoms with Gasteiger partial charge in [0.2, 0.25) is 13.6 Å². The van der Waals surface area contributed by atoms with Crippen LogP contribution in [0.5, 0.6) is 23.0 Å². The van der Waals surface area contributed by atoms with E-state index < -0.39 is 50.3 Å². The lowest BCUT2D eigenvalue weighted by Gasteiger charge is -2.22. The van der Waals surface area contributed by atoms with Crippen molar-refractivity contribution >= 4 is 64.7 Å². The highest BCUT2D eigenvalue weighted by molar-refractivity contribution is 14.1. The Morgan fingerprint density at radius 3 is 1.78 bits per heavy atom. The fourth-order valence-corrected chi connectivity index (χ4v) is 5.71. The number of aromatic hydroxyl groups is 1. The van der Waals surface area contributed by atoms with E-state index in [2.05, 4.69) is 45.2 Å². The summed E-state index contributed by atoms with van der Waals surface area (Å²) in [6.07, 6.45) is -0.559. The van der Waals surface area contributed by atoms with Gasteiger partial charge in [0, 0.05) is 0 Å². The zero-order valence-corrected chi connectivity index (χ0v) is 29.6. The molecule has 0 aliphatic heterocycles. The molecule has 2 rings (SSSR count). The zero-order chi connectivity index (χ0) is 31.2. The van der Waals surface area contributed by atoms with Crippen LogP contribution in [0, 0.1) is 18.0 Å². The summed E-state index contributed by atoms with van der Waals surface area (Å²) in [6, 6.07) is 8.59. The molecular formula is C28H37I2O10P. The number of rotatable bonds is 12. The molecule has 0 spiro atoms. The maximum absolute atomic E-state index is 13.4. The molecule has 0 aromatic heterocycles. The minimum absolute atomic E-state index is 0.0256. The van der Waals surface area contributed by atoms with Gasteiger partial charge in [-0.1, -0.05) is 19.9 Å². The fourth-order valence-electron chi connectivity index (χ4n) is 2.83. The Labute approximate surface area is 268 Å². The van der Waals surface area contributed by atoms with Gasteiger partial charge >= 0.3 is 19.5 Å². The lowest BCUT2D eigenvalue weighted by Crippen LogP contribution is -2.25. The molecule has 1 N–H and O–H groups in total. The van der Waals surface area contributed by atoms with Crippen molar-refractivity contribution in [3.8, 4) is 23.0 Å². The second kappa shape index (κ2) is 14.7. The standard InChI is InChI=1S/C28H37I2O10P/c1-17(2)18-9-10-23(22(31)11-18)40-24-20(29)12-19(13-21(24)30)37-16-41(34,38-14-35-25(32)27(3,4)5)39-15-36-26(33)28(6,7)8/h9-13,17,31H,14-16H2,1-8H3. The van der Waals surface area contributed by atoms with Crippen LogP contribution in [-0.4, -0.2) is 37.0 Å². The Balaban J connectivity index is 2.16. The van der Waals surface area contributed by atoms with E-state index in [1.807, 2.05) is 19.9 Å². The third kappa shape index (κ3) is 11.2. The average Bonchev–Trinajstić information content (AvgIpc) is 2.84. The number of esters is 2. The molecule has 13 heteroatoms. The van der Waals surface area contributed by atoms with Crippen LogP contribution < -0.4 is 9.47 Å². The van der Waals surface area contributed by atoms with Crippen LogP contribution in [0.25, 0.3) is 0 Å². The highest BCUT2D eigenvalue weighted by atomic mass is 127. The molecule has 0 saturated carbocycles. The molecule has 0 aliphatic rings. The largest absolute Gasteiger partial charge is 0.504 e. The van der Waals surface area contributed by atoms with E-state index in [0.29, 0.717) is 24.4 Å². The van der Waals surface area contributed by atoms with Gasteiger partial charge < -0.3 is 24.1 Å². The smallest absolute Gasteiger partial charge is 0.373 e. The predicted octanol–water partition coefficient (Wildman–Crippen LogP) is 8.17. The van der Waals surface area contributed by atoms with Gasteiger partial charge in [0.1, 0.15) is 5.75 Å². The molecule has 0 fully saturated rings. The lowest BCUT2D eigenvalue weighted by molar-refractivity contribution is -0.162. The van der Waals surface area contributed by atoms with E-state index >= 15 is 0 Å². The van der Waals surface area contributed by atoms with Crippen LogP contribution in [0.4, 0.5) is 0 Å². The summed E-state index contributed by atoms with van der Waals surface area (Å²) < 4.78 is 47.2. The first-order valence-electron chi connectivity index (χ1n) is 12.7. The molecule has 2 aromatic carbocycles. The van der Waals surface area contributed by atoms with Gasteiger partial charge in [-0.25, -0.2) is 0 Å². The Morgan fingerprint density at radius 2 is 1.37 bits per heavy atom.